The van der Waals surface area contributed by atoms with Crippen LogP contribution in [0, 0.1) is 5.82 Å². The van der Waals surface area contributed by atoms with Gasteiger partial charge in [0.2, 0.25) is 0 Å². The molecule has 1 fully saturated rings. The Morgan fingerprint density at radius 3 is 2.27 bits per heavy atom. The minimum atomic E-state index is -0.511. The number of para-hydroxylation sites is 2. The van der Waals surface area contributed by atoms with Crippen LogP contribution in [0.4, 0.5) is 25.4 Å². The topological polar surface area (TPSA) is 82.7 Å². The minimum absolute atomic E-state index is 0.103. The van der Waals surface area contributed by atoms with Crippen molar-refractivity contribution in [3.63, 3.8) is 0 Å². The molecule has 0 atom stereocenters. The van der Waals surface area contributed by atoms with Crippen LogP contribution in [0.25, 0.3) is 0 Å². The van der Waals surface area contributed by atoms with Gasteiger partial charge in [0.1, 0.15) is 17.3 Å². The summed E-state index contributed by atoms with van der Waals surface area (Å²) in [6, 6.07) is 22.2. The van der Waals surface area contributed by atoms with E-state index in [1.807, 2.05) is 30.3 Å². The predicted octanol–water partition coefficient (Wildman–Crippen LogP) is 6.68. The molecular weight excluding hydrogens is 471 g/mol. The van der Waals surface area contributed by atoms with Crippen molar-refractivity contribution >= 4 is 23.4 Å². The number of halogens is 1. The maximum Gasteiger partial charge on any atom is 0.326 e. The van der Waals surface area contributed by atoms with E-state index in [-0.39, 0.29) is 17.8 Å². The Kier molecular flexibility index (Phi) is 9.35. The maximum atomic E-state index is 14.2. The molecule has 194 valence electrons. The molecule has 8 heteroatoms. The van der Waals surface area contributed by atoms with Gasteiger partial charge < -0.3 is 20.7 Å². The number of amides is 4. The zero-order chi connectivity index (χ0) is 25.9. The second-order valence-electron chi connectivity index (χ2n) is 9.06. The fraction of sp³-hybridized carbons (Fsp3) is 0.310. The Bertz CT molecular complexity index is 1150. The SMILES string of the molecule is O=C(NCCCN(C(=O)Nc1ccccc1F)c1ccc(Oc2ccccc2)cc1)NC1CCCCC1. The number of nitrogens with zero attached hydrogens (tertiary/aromatic N) is 1. The van der Waals surface area contributed by atoms with Gasteiger partial charge in [-0.2, -0.15) is 0 Å². The van der Waals surface area contributed by atoms with Crippen molar-refractivity contribution in [2.24, 2.45) is 0 Å². The Morgan fingerprint density at radius 1 is 0.865 bits per heavy atom. The quantitative estimate of drug-likeness (QED) is 0.284. The molecule has 0 saturated heterocycles. The molecule has 0 unspecified atom stereocenters. The third-order valence-corrected chi connectivity index (χ3v) is 6.27. The number of urea groups is 2. The zero-order valence-corrected chi connectivity index (χ0v) is 20.8. The van der Waals surface area contributed by atoms with Crippen molar-refractivity contribution in [3.8, 4) is 11.5 Å². The van der Waals surface area contributed by atoms with Crippen LogP contribution in [0.15, 0.2) is 78.9 Å². The maximum absolute atomic E-state index is 14.2. The van der Waals surface area contributed by atoms with E-state index in [1.165, 1.54) is 23.5 Å². The van der Waals surface area contributed by atoms with Gasteiger partial charge in [-0.15, -0.1) is 0 Å². The number of carbonyl (C=O) groups is 2. The monoisotopic (exact) mass is 504 g/mol. The van der Waals surface area contributed by atoms with Crippen LogP contribution in [0.1, 0.15) is 38.5 Å². The van der Waals surface area contributed by atoms with Gasteiger partial charge in [0.25, 0.3) is 0 Å². The Hall–Kier alpha value is -4.07. The molecule has 0 aliphatic heterocycles. The first kappa shape index (κ1) is 26.0. The molecule has 3 aromatic carbocycles. The van der Waals surface area contributed by atoms with Gasteiger partial charge in [-0.25, -0.2) is 14.0 Å². The summed E-state index contributed by atoms with van der Waals surface area (Å²) >= 11 is 0. The van der Waals surface area contributed by atoms with Gasteiger partial charge in [0.15, 0.2) is 0 Å². The first-order valence-corrected chi connectivity index (χ1v) is 12.8. The number of nitrogens with one attached hydrogen (secondary N) is 3. The summed E-state index contributed by atoms with van der Waals surface area (Å²) in [5, 5.41) is 8.56. The highest BCUT2D eigenvalue weighted by atomic mass is 19.1. The van der Waals surface area contributed by atoms with E-state index in [9.17, 15) is 14.0 Å². The van der Waals surface area contributed by atoms with E-state index in [0.717, 1.165) is 25.7 Å². The van der Waals surface area contributed by atoms with E-state index in [2.05, 4.69) is 16.0 Å². The van der Waals surface area contributed by atoms with E-state index in [0.29, 0.717) is 36.7 Å². The van der Waals surface area contributed by atoms with Gasteiger partial charge in [-0.1, -0.05) is 49.6 Å². The summed E-state index contributed by atoms with van der Waals surface area (Å²) in [6.45, 7) is 0.722. The molecule has 1 aliphatic rings. The van der Waals surface area contributed by atoms with E-state index in [4.69, 9.17) is 4.74 Å². The first-order valence-electron chi connectivity index (χ1n) is 12.8. The molecule has 3 N–H and O–H groups in total. The van der Waals surface area contributed by atoms with Crippen LogP contribution >= 0.6 is 0 Å². The highest BCUT2D eigenvalue weighted by molar-refractivity contribution is 6.01. The molecule has 4 rings (SSSR count). The van der Waals surface area contributed by atoms with Gasteiger partial charge in [-0.3, -0.25) is 4.90 Å². The Labute approximate surface area is 217 Å². The number of carbonyl (C=O) groups excluding carboxylic acids is 2. The lowest BCUT2D eigenvalue weighted by molar-refractivity contribution is 0.232. The van der Waals surface area contributed by atoms with Crippen molar-refractivity contribution in [1.29, 1.82) is 0 Å². The Balaban J connectivity index is 1.37. The third-order valence-electron chi connectivity index (χ3n) is 6.27. The van der Waals surface area contributed by atoms with Gasteiger partial charge in [0, 0.05) is 24.8 Å². The van der Waals surface area contributed by atoms with Crippen molar-refractivity contribution in [2.45, 2.75) is 44.6 Å². The van der Waals surface area contributed by atoms with Crippen molar-refractivity contribution in [1.82, 2.24) is 10.6 Å². The largest absolute Gasteiger partial charge is 0.457 e. The second-order valence-corrected chi connectivity index (χ2v) is 9.06. The molecule has 0 heterocycles. The second kappa shape index (κ2) is 13.3. The number of rotatable bonds is 9. The lowest BCUT2D eigenvalue weighted by atomic mass is 9.96. The fourth-order valence-corrected chi connectivity index (χ4v) is 4.33. The van der Waals surface area contributed by atoms with Gasteiger partial charge in [-0.05, 0) is 67.8 Å². The molecule has 4 amide bonds. The minimum Gasteiger partial charge on any atom is -0.457 e. The summed E-state index contributed by atoms with van der Waals surface area (Å²) in [7, 11) is 0. The van der Waals surface area contributed by atoms with Crippen molar-refractivity contribution in [2.75, 3.05) is 23.3 Å². The summed E-state index contributed by atoms with van der Waals surface area (Å²) in [5.41, 5.74) is 0.729. The van der Waals surface area contributed by atoms with E-state index in [1.54, 1.807) is 36.4 Å². The van der Waals surface area contributed by atoms with Crippen LogP contribution in [0.3, 0.4) is 0 Å². The molecule has 0 spiro atoms. The van der Waals surface area contributed by atoms with Crippen molar-refractivity contribution < 1.29 is 18.7 Å². The summed E-state index contributed by atoms with van der Waals surface area (Å²) in [4.78, 5) is 26.9. The van der Waals surface area contributed by atoms with Crippen LogP contribution < -0.4 is 25.6 Å². The lowest BCUT2D eigenvalue weighted by Gasteiger charge is -2.24. The number of hydrogen-bond acceptors (Lipinski definition) is 3. The smallest absolute Gasteiger partial charge is 0.326 e. The molecule has 3 aromatic rings. The summed E-state index contributed by atoms with van der Waals surface area (Å²) < 4.78 is 20.0. The average molecular weight is 505 g/mol. The third kappa shape index (κ3) is 7.96. The molecule has 0 aromatic heterocycles. The normalized spacial score (nSPS) is 13.4. The molecule has 37 heavy (non-hydrogen) atoms. The highest BCUT2D eigenvalue weighted by Gasteiger charge is 2.18. The lowest BCUT2D eigenvalue weighted by Crippen LogP contribution is -2.44. The van der Waals surface area contributed by atoms with Crippen LogP contribution in [-0.4, -0.2) is 31.2 Å². The van der Waals surface area contributed by atoms with Gasteiger partial charge in [0.05, 0.1) is 5.69 Å². The fourth-order valence-electron chi connectivity index (χ4n) is 4.33. The number of benzene rings is 3. The predicted molar refractivity (Wildman–Crippen MR) is 144 cm³/mol. The number of hydrogen-bond donors (Lipinski definition) is 3. The molecule has 7 nitrogen and oxygen atoms in total. The number of anilines is 2. The zero-order valence-electron chi connectivity index (χ0n) is 20.8. The first-order chi connectivity index (χ1) is 18.1. The molecule has 0 bridgehead atoms. The Morgan fingerprint density at radius 2 is 1.54 bits per heavy atom. The van der Waals surface area contributed by atoms with Crippen LogP contribution in [0.5, 0.6) is 11.5 Å². The molecular formula is C29H33FN4O3. The summed E-state index contributed by atoms with van der Waals surface area (Å²) in [6.07, 6.45) is 6.07. The molecule has 1 saturated carbocycles. The standard InChI is InChI=1S/C29H33FN4O3/c30-26-14-7-8-15-27(26)33-29(36)34(21-9-20-31-28(35)32-22-10-3-1-4-11-22)23-16-18-25(19-17-23)37-24-12-5-2-6-13-24/h2,5-8,12-19,22H,1,3-4,9-11,20-21H2,(H,33,36)(H2,31,32,35). The van der Waals surface area contributed by atoms with Gasteiger partial charge >= 0.3 is 12.1 Å². The average Bonchev–Trinajstić information content (AvgIpc) is 2.92. The summed E-state index contributed by atoms with van der Waals surface area (Å²) in [5.74, 6) is 0.830. The van der Waals surface area contributed by atoms with Crippen LogP contribution in [0.2, 0.25) is 0 Å². The highest BCUT2D eigenvalue weighted by Crippen LogP contribution is 2.25. The molecule has 0 radical (unpaired) electrons. The van der Waals surface area contributed by atoms with Crippen LogP contribution in [-0.2, 0) is 0 Å². The molecule has 1 aliphatic carbocycles. The van der Waals surface area contributed by atoms with Crippen molar-refractivity contribution in [3.05, 3.63) is 84.7 Å². The van der Waals surface area contributed by atoms with E-state index < -0.39 is 11.8 Å². The van der Waals surface area contributed by atoms with E-state index >= 15 is 0 Å². The number of ether oxygens (including phenoxy) is 1.